The Balaban J connectivity index is 1.32. The number of rotatable bonds is 4. The van der Waals surface area contributed by atoms with E-state index in [1.165, 1.54) is 9.47 Å². The molecule has 6 nitrogen and oxygen atoms in total. The van der Waals surface area contributed by atoms with Gasteiger partial charge in [-0.2, -0.15) is 13.2 Å². The number of aromatic nitrogens is 2. The Labute approximate surface area is 216 Å². The van der Waals surface area contributed by atoms with Crippen molar-refractivity contribution in [1.82, 2.24) is 14.5 Å². The average Bonchev–Trinajstić information content (AvgIpc) is 2.85. The summed E-state index contributed by atoms with van der Waals surface area (Å²) in [5.41, 5.74) is 1.34. The van der Waals surface area contributed by atoms with Crippen molar-refractivity contribution < 1.29 is 31.5 Å². The second kappa shape index (κ2) is 9.96. The lowest BCUT2D eigenvalue weighted by Crippen LogP contribution is -2.46. The van der Waals surface area contributed by atoms with E-state index in [1.54, 1.807) is 6.92 Å². The number of alkyl halides is 5. The van der Waals surface area contributed by atoms with Crippen molar-refractivity contribution in [3.63, 3.8) is 0 Å². The summed E-state index contributed by atoms with van der Waals surface area (Å²) in [5.74, 6) is -4.15. The summed E-state index contributed by atoms with van der Waals surface area (Å²) in [5, 5.41) is 0. The molecule has 5 rings (SSSR count). The van der Waals surface area contributed by atoms with E-state index in [9.17, 15) is 31.5 Å². The predicted molar refractivity (Wildman–Crippen MR) is 128 cm³/mol. The molecule has 1 aromatic heterocycles. The van der Waals surface area contributed by atoms with Gasteiger partial charge in [0.25, 0.3) is 5.56 Å². The maximum absolute atomic E-state index is 13.8. The molecule has 2 fully saturated rings. The van der Waals surface area contributed by atoms with Crippen LogP contribution in [0, 0.1) is 18.8 Å². The molecule has 1 amide bonds. The number of amides is 1. The lowest BCUT2D eigenvalue weighted by molar-refractivity contribution is -0.186. The first kappa shape index (κ1) is 26.6. The molecule has 11 heteroatoms. The summed E-state index contributed by atoms with van der Waals surface area (Å²) in [6.45, 7) is 1.90. The van der Waals surface area contributed by atoms with Gasteiger partial charge in [0.15, 0.2) is 0 Å². The van der Waals surface area contributed by atoms with Crippen molar-refractivity contribution >= 4 is 6.09 Å². The minimum atomic E-state index is -4.24. The van der Waals surface area contributed by atoms with Crippen LogP contribution in [-0.2, 0) is 17.7 Å². The summed E-state index contributed by atoms with van der Waals surface area (Å²) in [6.07, 6.45) is -5.65. The monoisotopic (exact) mass is 539 g/mol. The third-order valence-electron chi connectivity index (χ3n) is 8.09. The van der Waals surface area contributed by atoms with Crippen LogP contribution in [-0.4, -0.2) is 45.3 Å². The highest BCUT2D eigenvalue weighted by atomic mass is 19.4. The first-order valence-corrected chi connectivity index (χ1v) is 13.0. The molecule has 1 atom stereocenters. The van der Waals surface area contributed by atoms with Gasteiger partial charge in [-0.25, -0.2) is 18.6 Å². The van der Waals surface area contributed by atoms with Gasteiger partial charge in [-0.3, -0.25) is 9.36 Å². The normalized spacial score (nSPS) is 24.3. The highest BCUT2D eigenvalue weighted by Gasteiger charge is 2.50. The summed E-state index contributed by atoms with van der Waals surface area (Å²) >= 11 is 0. The third-order valence-corrected chi connectivity index (χ3v) is 8.09. The molecule has 2 heterocycles. The minimum absolute atomic E-state index is 0.0421. The lowest BCUT2D eigenvalue weighted by atomic mass is 9.74. The highest BCUT2D eigenvalue weighted by Crippen LogP contribution is 2.49. The molecule has 1 aliphatic heterocycles. The Morgan fingerprint density at radius 1 is 1.11 bits per heavy atom. The van der Waals surface area contributed by atoms with Gasteiger partial charge in [-0.1, -0.05) is 30.3 Å². The molecule has 1 unspecified atom stereocenters. The van der Waals surface area contributed by atoms with Gasteiger partial charge in [-0.15, -0.1) is 0 Å². The van der Waals surface area contributed by atoms with E-state index >= 15 is 0 Å². The molecule has 3 aliphatic rings. The van der Waals surface area contributed by atoms with Crippen LogP contribution in [0.3, 0.4) is 0 Å². The zero-order valence-corrected chi connectivity index (χ0v) is 21.0. The third kappa shape index (κ3) is 5.29. The number of hydrogen-bond donors (Lipinski definition) is 0. The van der Waals surface area contributed by atoms with Crippen LogP contribution in [0.5, 0.6) is 0 Å². The van der Waals surface area contributed by atoms with Crippen molar-refractivity contribution in [2.24, 2.45) is 11.8 Å². The second-order valence-corrected chi connectivity index (χ2v) is 10.7. The molecule has 1 aromatic carbocycles. The van der Waals surface area contributed by atoms with Crippen molar-refractivity contribution in [3.8, 4) is 0 Å². The summed E-state index contributed by atoms with van der Waals surface area (Å²) in [6, 6.07) is 8.52. The SMILES string of the molecule is Cc1nc2c(c(=O)n1C(c1ccccc1)C1CC(F)(F)C1)CCN(C(=O)OC1CCC(C(F)(F)F)CC1)C2. The van der Waals surface area contributed by atoms with Gasteiger partial charge >= 0.3 is 12.3 Å². The zero-order valence-electron chi connectivity index (χ0n) is 21.0. The summed E-state index contributed by atoms with van der Waals surface area (Å²) in [7, 11) is 0. The van der Waals surface area contributed by atoms with Gasteiger partial charge in [-0.05, 0) is 50.5 Å². The van der Waals surface area contributed by atoms with E-state index < -0.39 is 42.2 Å². The fraction of sp³-hybridized carbons (Fsp3) is 0.593. The molecule has 2 saturated carbocycles. The Morgan fingerprint density at radius 3 is 2.37 bits per heavy atom. The average molecular weight is 540 g/mol. The number of nitrogens with zero attached hydrogens (tertiary/aromatic N) is 3. The van der Waals surface area contributed by atoms with E-state index in [1.807, 2.05) is 30.3 Å². The molecule has 2 aliphatic carbocycles. The number of ether oxygens (including phenoxy) is 1. The van der Waals surface area contributed by atoms with Crippen molar-refractivity contribution in [3.05, 3.63) is 63.3 Å². The van der Waals surface area contributed by atoms with Gasteiger partial charge in [0.05, 0.1) is 24.2 Å². The lowest BCUT2D eigenvalue weighted by Gasteiger charge is -2.41. The van der Waals surface area contributed by atoms with Crippen LogP contribution in [0.15, 0.2) is 35.1 Å². The van der Waals surface area contributed by atoms with Crippen molar-refractivity contribution in [2.75, 3.05) is 6.54 Å². The molecule has 2 aromatic rings. The van der Waals surface area contributed by atoms with E-state index in [-0.39, 0.29) is 63.6 Å². The molecule has 0 saturated heterocycles. The number of benzene rings is 1. The molecular weight excluding hydrogens is 509 g/mol. The number of carbonyl (C=O) groups excluding carboxylic acids is 1. The Kier molecular flexibility index (Phi) is 6.98. The Morgan fingerprint density at radius 2 is 1.76 bits per heavy atom. The fourth-order valence-corrected chi connectivity index (χ4v) is 6.04. The standard InChI is InChI=1S/C27H30F5N3O3/c1-16-33-22-15-34(25(37)38-20-9-7-19(8-10-20)27(30,31)32)12-11-21(22)24(36)35(16)23(17-5-3-2-4-6-17)18-13-26(28,29)14-18/h2-6,18-20,23H,7-15H2,1H3. The smallest absolute Gasteiger partial charge is 0.410 e. The quantitative estimate of drug-likeness (QED) is 0.461. The number of hydrogen-bond acceptors (Lipinski definition) is 4. The predicted octanol–water partition coefficient (Wildman–Crippen LogP) is 5.80. The van der Waals surface area contributed by atoms with Gasteiger partial charge in [0, 0.05) is 24.9 Å². The molecule has 206 valence electrons. The van der Waals surface area contributed by atoms with E-state index in [2.05, 4.69) is 4.98 Å². The molecule has 0 spiro atoms. The van der Waals surface area contributed by atoms with E-state index in [0.29, 0.717) is 17.1 Å². The van der Waals surface area contributed by atoms with Crippen LogP contribution >= 0.6 is 0 Å². The van der Waals surface area contributed by atoms with Crippen LogP contribution < -0.4 is 5.56 Å². The number of carbonyl (C=O) groups is 1. The van der Waals surface area contributed by atoms with E-state index in [4.69, 9.17) is 4.74 Å². The van der Waals surface area contributed by atoms with Gasteiger partial charge < -0.3 is 9.64 Å². The van der Waals surface area contributed by atoms with Crippen molar-refractivity contribution in [1.29, 1.82) is 0 Å². The number of halogens is 5. The van der Waals surface area contributed by atoms with Crippen LogP contribution in [0.1, 0.15) is 67.2 Å². The minimum Gasteiger partial charge on any atom is -0.446 e. The highest BCUT2D eigenvalue weighted by molar-refractivity contribution is 5.68. The van der Waals surface area contributed by atoms with Gasteiger partial charge in [0.1, 0.15) is 11.9 Å². The van der Waals surface area contributed by atoms with Gasteiger partial charge in [0.2, 0.25) is 5.92 Å². The van der Waals surface area contributed by atoms with E-state index in [0.717, 1.165) is 5.56 Å². The Bertz CT molecular complexity index is 1230. The Hall–Kier alpha value is -2.98. The molecular formula is C27H30F5N3O3. The largest absolute Gasteiger partial charge is 0.446 e. The summed E-state index contributed by atoms with van der Waals surface area (Å²) in [4.78, 5) is 32.5. The maximum atomic E-state index is 13.8. The second-order valence-electron chi connectivity index (χ2n) is 10.7. The molecule has 0 N–H and O–H groups in total. The number of fused-ring (bicyclic) bond motifs is 1. The van der Waals surface area contributed by atoms with Crippen LogP contribution in [0.25, 0.3) is 0 Å². The van der Waals surface area contributed by atoms with Crippen molar-refractivity contribution in [2.45, 2.75) is 82.7 Å². The summed E-state index contributed by atoms with van der Waals surface area (Å²) < 4.78 is 73.4. The molecule has 0 radical (unpaired) electrons. The first-order valence-electron chi connectivity index (χ1n) is 13.0. The van der Waals surface area contributed by atoms with Crippen LogP contribution in [0.4, 0.5) is 26.7 Å². The van der Waals surface area contributed by atoms with Crippen LogP contribution in [0.2, 0.25) is 0 Å². The topological polar surface area (TPSA) is 64.4 Å². The maximum Gasteiger partial charge on any atom is 0.410 e. The number of aryl methyl sites for hydroxylation is 1. The zero-order chi connectivity index (χ0) is 27.2. The molecule has 38 heavy (non-hydrogen) atoms. The first-order chi connectivity index (χ1) is 17.9. The fourth-order valence-electron chi connectivity index (χ4n) is 6.04. The molecule has 0 bridgehead atoms.